The van der Waals surface area contributed by atoms with E-state index in [2.05, 4.69) is 52.8 Å². The largest absolute Gasteiger partial charge is 0.377 e. The van der Waals surface area contributed by atoms with Crippen LogP contribution in [0.3, 0.4) is 0 Å². The van der Waals surface area contributed by atoms with E-state index < -0.39 is 0 Å². The minimum atomic E-state index is -0.0499. The lowest BCUT2D eigenvalue weighted by Gasteiger charge is -2.18. The molecule has 136 valence electrons. The van der Waals surface area contributed by atoms with E-state index in [9.17, 15) is 4.79 Å². The first kappa shape index (κ1) is 18.0. The summed E-state index contributed by atoms with van der Waals surface area (Å²) < 4.78 is 5.30. The molecule has 0 aromatic heterocycles. The Balaban J connectivity index is 1.38. The number of nitrogens with one attached hydrogen (secondary N) is 2. The summed E-state index contributed by atoms with van der Waals surface area (Å²) in [6.45, 7) is 7.28. The molecule has 0 spiro atoms. The van der Waals surface area contributed by atoms with E-state index in [0.717, 1.165) is 39.1 Å². The number of nitrogens with zero attached hydrogens (tertiary/aromatic N) is 1. The molecule has 5 nitrogen and oxygen atoms in total. The Kier molecular flexibility index (Phi) is 6.48. The van der Waals surface area contributed by atoms with Gasteiger partial charge in [0, 0.05) is 32.2 Å². The van der Waals surface area contributed by atoms with E-state index >= 15 is 0 Å². The summed E-state index contributed by atoms with van der Waals surface area (Å²) in [6, 6.07) is 10.7. The van der Waals surface area contributed by atoms with Crippen molar-refractivity contribution in [2.75, 3.05) is 32.8 Å². The fourth-order valence-corrected chi connectivity index (χ4v) is 3.57. The lowest BCUT2D eigenvalue weighted by molar-refractivity contribution is 0.153. The van der Waals surface area contributed by atoms with E-state index in [0.29, 0.717) is 19.1 Å². The zero-order chi connectivity index (χ0) is 17.5. The van der Waals surface area contributed by atoms with Gasteiger partial charge in [0.05, 0.1) is 13.2 Å². The van der Waals surface area contributed by atoms with Gasteiger partial charge >= 0.3 is 6.03 Å². The van der Waals surface area contributed by atoms with Crippen LogP contribution in [0.2, 0.25) is 0 Å². The minimum Gasteiger partial charge on any atom is -0.377 e. The highest BCUT2D eigenvalue weighted by atomic mass is 16.5. The topological polar surface area (TPSA) is 53.6 Å². The molecule has 0 bridgehead atoms. The highest BCUT2D eigenvalue weighted by Crippen LogP contribution is 2.19. The molecule has 25 heavy (non-hydrogen) atoms. The number of urea groups is 1. The number of rotatable bonds is 6. The van der Waals surface area contributed by atoms with E-state index in [1.807, 2.05) is 6.07 Å². The van der Waals surface area contributed by atoms with Crippen molar-refractivity contribution >= 4 is 6.03 Å². The fourth-order valence-electron chi connectivity index (χ4n) is 3.57. The lowest BCUT2D eigenvalue weighted by Crippen LogP contribution is -2.45. The number of amides is 2. The van der Waals surface area contributed by atoms with Crippen molar-refractivity contribution < 1.29 is 9.53 Å². The predicted molar refractivity (Wildman–Crippen MR) is 99.3 cm³/mol. The van der Waals surface area contributed by atoms with E-state index in [1.54, 1.807) is 0 Å². The number of carbonyl (C=O) groups is 1. The molecule has 1 aromatic carbocycles. The van der Waals surface area contributed by atoms with Crippen molar-refractivity contribution in [3.63, 3.8) is 0 Å². The molecule has 1 fully saturated rings. The van der Waals surface area contributed by atoms with Crippen LogP contribution in [0.4, 0.5) is 4.79 Å². The molecule has 1 aromatic rings. The molecule has 2 N–H and O–H groups in total. The Hall–Kier alpha value is -1.85. The minimum absolute atomic E-state index is 0.0499. The Morgan fingerprint density at radius 3 is 2.88 bits per heavy atom. The molecule has 3 rings (SSSR count). The second-order valence-electron chi connectivity index (χ2n) is 7.10. The van der Waals surface area contributed by atoms with Crippen molar-refractivity contribution in [3.8, 4) is 0 Å². The summed E-state index contributed by atoms with van der Waals surface area (Å²) >= 11 is 0. The van der Waals surface area contributed by atoms with Gasteiger partial charge in [-0.2, -0.15) is 0 Å². The summed E-state index contributed by atoms with van der Waals surface area (Å²) in [5, 5.41) is 6.14. The normalized spacial score (nSPS) is 24.0. The monoisotopic (exact) mass is 343 g/mol. The maximum absolute atomic E-state index is 12.2. The summed E-state index contributed by atoms with van der Waals surface area (Å²) in [5.41, 5.74) is 2.71. The highest BCUT2D eigenvalue weighted by Gasteiger charge is 2.30. The summed E-state index contributed by atoms with van der Waals surface area (Å²) in [4.78, 5) is 14.6. The zero-order valence-electron chi connectivity index (χ0n) is 15.0. The van der Waals surface area contributed by atoms with Gasteiger partial charge in [-0.1, -0.05) is 48.9 Å². The van der Waals surface area contributed by atoms with Gasteiger partial charge in [0.1, 0.15) is 0 Å². The van der Waals surface area contributed by atoms with Crippen LogP contribution in [-0.2, 0) is 11.3 Å². The number of carbonyl (C=O) groups excluding carboxylic acids is 1. The maximum Gasteiger partial charge on any atom is 0.315 e. The molecular formula is C20H29N3O2. The molecular weight excluding hydrogens is 314 g/mol. The van der Waals surface area contributed by atoms with Crippen LogP contribution >= 0.6 is 0 Å². The average molecular weight is 343 g/mol. The molecule has 2 amide bonds. The molecule has 2 heterocycles. The summed E-state index contributed by atoms with van der Waals surface area (Å²) in [7, 11) is 0. The summed E-state index contributed by atoms with van der Waals surface area (Å²) in [6.07, 6.45) is 4.03. The number of ether oxygens (including phenoxy) is 1. The predicted octanol–water partition coefficient (Wildman–Crippen LogP) is 2.54. The first-order chi connectivity index (χ1) is 12.2. The van der Waals surface area contributed by atoms with Gasteiger partial charge in [-0.3, -0.25) is 4.90 Å². The van der Waals surface area contributed by atoms with Gasteiger partial charge in [0.15, 0.2) is 0 Å². The molecule has 5 heteroatoms. The van der Waals surface area contributed by atoms with Crippen molar-refractivity contribution in [1.82, 2.24) is 15.5 Å². The van der Waals surface area contributed by atoms with Crippen LogP contribution < -0.4 is 10.6 Å². The van der Waals surface area contributed by atoms with E-state index in [-0.39, 0.29) is 12.1 Å². The van der Waals surface area contributed by atoms with Crippen molar-refractivity contribution in [3.05, 3.63) is 47.5 Å². The highest BCUT2D eigenvalue weighted by molar-refractivity contribution is 5.74. The van der Waals surface area contributed by atoms with Crippen molar-refractivity contribution in [1.29, 1.82) is 0 Å². The number of likely N-dealkylation sites (tertiary alicyclic amines) is 1. The standard InChI is InChI=1S/C20H29N3O2/c1-16-13-23(14-18-5-3-2-4-6-18)15-19(16)22-20(24)21-10-7-17-8-11-25-12-9-17/h2-6,8,16,19H,7,9-15H2,1H3,(H2,21,22,24)/t16-,19-/m0/s1. The molecule has 2 aliphatic heterocycles. The van der Waals surface area contributed by atoms with Crippen LogP contribution in [0.15, 0.2) is 42.0 Å². The van der Waals surface area contributed by atoms with Gasteiger partial charge in [0.25, 0.3) is 0 Å². The third kappa shape index (κ3) is 5.58. The van der Waals surface area contributed by atoms with E-state index in [1.165, 1.54) is 11.1 Å². The molecule has 2 aliphatic rings. The van der Waals surface area contributed by atoms with Crippen molar-refractivity contribution in [2.24, 2.45) is 5.92 Å². The first-order valence-corrected chi connectivity index (χ1v) is 9.27. The fraction of sp³-hybridized carbons (Fsp3) is 0.550. The quantitative estimate of drug-likeness (QED) is 0.781. The Morgan fingerprint density at radius 2 is 2.12 bits per heavy atom. The Morgan fingerprint density at radius 1 is 1.28 bits per heavy atom. The molecule has 2 atom stereocenters. The Labute approximate surface area is 150 Å². The second kappa shape index (κ2) is 9.02. The third-order valence-corrected chi connectivity index (χ3v) is 5.04. The average Bonchev–Trinajstić information content (AvgIpc) is 2.96. The molecule has 0 saturated carbocycles. The second-order valence-corrected chi connectivity index (χ2v) is 7.10. The maximum atomic E-state index is 12.2. The van der Waals surface area contributed by atoms with Crippen LogP contribution in [0.5, 0.6) is 0 Å². The van der Waals surface area contributed by atoms with Crippen LogP contribution in [-0.4, -0.2) is 49.8 Å². The van der Waals surface area contributed by atoms with Gasteiger partial charge in [0.2, 0.25) is 0 Å². The van der Waals surface area contributed by atoms with E-state index in [4.69, 9.17) is 4.74 Å². The Bertz CT molecular complexity index is 588. The zero-order valence-corrected chi connectivity index (χ0v) is 15.0. The van der Waals surface area contributed by atoms with Crippen LogP contribution in [0, 0.1) is 5.92 Å². The third-order valence-electron chi connectivity index (χ3n) is 5.04. The van der Waals surface area contributed by atoms with Gasteiger partial charge in [-0.05, 0) is 24.3 Å². The molecule has 0 unspecified atom stereocenters. The number of hydrogen-bond acceptors (Lipinski definition) is 3. The van der Waals surface area contributed by atoms with Gasteiger partial charge in [-0.15, -0.1) is 0 Å². The first-order valence-electron chi connectivity index (χ1n) is 9.27. The molecule has 0 aliphatic carbocycles. The summed E-state index contributed by atoms with van der Waals surface area (Å²) in [5.74, 6) is 0.465. The number of hydrogen-bond donors (Lipinski definition) is 2. The van der Waals surface area contributed by atoms with Crippen LogP contribution in [0.25, 0.3) is 0 Å². The molecule has 1 saturated heterocycles. The smallest absolute Gasteiger partial charge is 0.315 e. The van der Waals surface area contributed by atoms with Gasteiger partial charge in [-0.25, -0.2) is 4.79 Å². The van der Waals surface area contributed by atoms with Gasteiger partial charge < -0.3 is 15.4 Å². The number of benzene rings is 1. The van der Waals surface area contributed by atoms with Crippen LogP contribution in [0.1, 0.15) is 25.3 Å². The SMILES string of the molecule is C[C@H]1CN(Cc2ccccc2)C[C@@H]1NC(=O)NCCC1=CCOCC1. The lowest BCUT2D eigenvalue weighted by atomic mass is 10.1. The van der Waals surface area contributed by atoms with Crippen molar-refractivity contribution in [2.45, 2.75) is 32.4 Å². The molecule has 0 radical (unpaired) electrons.